The molecule has 0 fully saturated rings. The fourth-order valence-corrected chi connectivity index (χ4v) is 0.332. The first-order chi connectivity index (χ1) is 4.95. The molecule has 0 saturated heterocycles. The number of aliphatic imine (C=N–C) groups is 1. The summed E-state index contributed by atoms with van der Waals surface area (Å²) in [7, 11) is 0. The van der Waals surface area contributed by atoms with Crippen LogP contribution in [0, 0.1) is 0 Å². The van der Waals surface area contributed by atoms with E-state index in [0.29, 0.717) is 0 Å². The summed E-state index contributed by atoms with van der Waals surface area (Å²) < 4.78 is 49.2. The molecule has 0 aliphatic rings. The molecule has 0 aliphatic heterocycles. The maximum Gasteiger partial charge on any atom is 0.508 e. The standard InChI is InChI=1S/C4H4ClF4NO/c5-1-2-11-3(6)10-4(7,8)9/h1-2H2/b10-3+. The highest BCUT2D eigenvalue weighted by atomic mass is 35.5. The number of ether oxygens (including phenoxy) is 1. The van der Waals surface area contributed by atoms with Gasteiger partial charge in [0.1, 0.15) is 6.61 Å². The van der Waals surface area contributed by atoms with Crippen LogP contribution in [0.1, 0.15) is 0 Å². The molecule has 0 unspecified atom stereocenters. The van der Waals surface area contributed by atoms with Gasteiger partial charge in [-0.3, -0.25) is 0 Å². The number of hydrogen-bond acceptors (Lipinski definition) is 2. The Kier molecular flexibility index (Phi) is 4.17. The number of halogens is 5. The molecule has 0 aromatic heterocycles. The van der Waals surface area contributed by atoms with Crippen LogP contribution in [0.5, 0.6) is 0 Å². The lowest BCUT2D eigenvalue weighted by Gasteiger charge is -2.00. The largest absolute Gasteiger partial charge is 0.508 e. The number of hydrogen-bond donors (Lipinski definition) is 0. The Morgan fingerprint density at radius 3 is 2.36 bits per heavy atom. The van der Waals surface area contributed by atoms with Crippen molar-refractivity contribution in [1.29, 1.82) is 0 Å². The highest BCUT2D eigenvalue weighted by Crippen LogP contribution is 2.16. The van der Waals surface area contributed by atoms with Crippen molar-refractivity contribution >= 4 is 17.8 Å². The van der Waals surface area contributed by atoms with Gasteiger partial charge in [0.15, 0.2) is 0 Å². The molecule has 0 radical (unpaired) electrons. The summed E-state index contributed by atoms with van der Waals surface area (Å²) in [5, 5.41) is 0. The van der Waals surface area contributed by atoms with Crippen LogP contribution in [0.15, 0.2) is 4.99 Å². The van der Waals surface area contributed by atoms with Gasteiger partial charge in [-0.25, -0.2) is 0 Å². The van der Waals surface area contributed by atoms with E-state index in [2.05, 4.69) is 4.74 Å². The van der Waals surface area contributed by atoms with E-state index < -0.39 is 12.5 Å². The summed E-state index contributed by atoms with van der Waals surface area (Å²) in [4.78, 5) is 1.62. The van der Waals surface area contributed by atoms with Crippen molar-refractivity contribution in [2.75, 3.05) is 12.5 Å². The Bertz CT molecular complexity index is 146. The van der Waals surface area contributed by atoms with E-state index in [1.54, 1.807) is 4.99 Å². The van der Waals surface area contributed by atoms with Crippen molar-refractivity contribution in [3.05, 3.63) is 0 Å². The lowest BCUT2D eigenvalue weighted by atomic mass is 10.9. The molecule has 0 spiro atoms. The minimum atomic E-state index is -4.93. The highest BCUT2D eigenvalue weighted by Gasteiger charge is 2.28. The number of alkyl halides is 4. The fraction of sp³-hybridized carbons (Fsp3) is 0.750. The summed E-state index contributed by atoms with van der Waals surface area (Å²) in [6, 6.07) is 0. The smallest absolute Gasteiger partial charge is 0.455 e. The molecule has 0 bridgehead atoms. The van der Waals surface area contributed by atoms with E-state index >= 15 is 0 Å². The summed E-state index contributed by atoms with van der Waals surface area (Å²) in [6.45, 7) is -0.340. The van der Waals surface area contributed by atoms with E-state index in [-0.39, 0.29) is 12.5 Å². The van der Waals surface area contributed by atoms with E-state index in [1.165, 1.54) is 0 Å². The van der Waals surface area contributed by atoms with Crippen LogP contribution in [0.3, 0.4) is 0 Å². The molecule has 0 saturated carbocycles. The van der Waals surface area contributed by atoms with E-state index in [9.17, 15) is 17.6 Å². The molecule has 0 rings (SSSR count). The summed E-state index contributed by atoms with van der Waals surface area (Å²) in [5.41, 5.74) is 0. The maximum absolute atomic E-state index is 11.8. The maximum atomic E-state index is 11.8. The second-order valence-electron chi connectivity index (χ2n) is 1.37. The van der Waals surface area contributed by atoms with Crippen LogP contribution in [-0.4, -0.2) is 24.9 Å². The van der Waals surface area contributed by atoms with Gasteiger partial charge in [-0.1, -0.05) is 0 Å². The quantitative estimate of drug-likeness (QED) is 0.216. The van der Waals surface area contributed by atoms with Crippen molar-refractivity contribution in [2.45, 2.75) is 6.30 Å². The lowest BCUT2D eigenvalue weighted by molar-refractivity contribution is -0.122. The Balaban J connectivity index is 3.81. The molecule has 0 N–H and O–H groups in total. The first-order valence-electron chi connectivity index (χ1n) is 2.46. The molecule has 0 aliphatic carbocycles. The van der Waals surface area contributed by atoms with Crippen LogP contribution >= 0.6 is 11.6 Å². The Labute approximate surface area is 64.8 Å². The monoisotopic (exact) mass is 193 g/mol. The first-order valence-corrected chi connectivity index (χ1v) is 3.00. The second-order valence-corrected chi connectivity index (χ2v) is 1.75. The fourth-order valence-electron chi connectivity index (χ4n) is 0.255. The molecule has 7 heteroatoms. The Hall–Kier alpha value is -0.520. The van der Waals surface area contributed by atoms with Gasteiger partial charge >= 0.3 is 12.5 Å². The zero-order chi connectivity index (χ0) is 8.91. The Morgan fingerprint density at radius 2 is 2.00 bits per heavy atom. The zero-order valence-corrected chi connectivity index (χ0v) is 5.92. The summed E-state index contributed by atoms with van der Waals surface area (Å²) >= 11 is 4.99. The van der Waals surface area contributed by atoms with Crippen molar-refractivity contribution in [3.63, 3.8) is 0 Å². The van der Waals surface area contributed by atoms with Crippen LogP contribution in [0.2, 0.25) is 0 Å². The van der Waals surface area contributed by atoms with Crippen molar-refractivity contribution in [1.82, 2.24) is 0 Å². The zero-order valence-electron chi connectivity index (χ0n) is 5.16. The molecule has 11 heavy (non-hydrogen) atoms. The van der Waals surface area contributed by atoms with E-state index in [0.717, 1.165) is 0 Å². The van der Waals surface area contributed by atoms with E-state index in [4.69, 9.17) is 11.6 Å². The molecule has 0 amide bonds. The molecule has 2 nitrogen and oxygen atoms in total. The van der Waals surface area contributed by atoms with E-state index in [1.807, 2.05) is 0 Å². The van der Waals surface area contributed by atoms with Crippen LogP contribution in [-0.2, 0) is 4.74 Å². The van der Waals surface area contributed by atoms with Crippen LogP contribution in [0.25, 0.3) is 0 Å². The third-order valence-corrected chi connectivity index (χ3v) is 0.667. The molecule has 0 aromatic carbocycles. The van der Waals surface area contributed by atoms with Gasteiger partial charge in [-0.15, -0.1) is 34.2 Å². The molecular weight excluding hydrogens is 189 g/mol. The topological polar surface area (TPSA) is 21.6 Å². The third-order valence-electron chi connectivity index (χ3n) is 0.513. The van der Waals surface area contributed by atoms with Crippen molar-refractivity contribution in [3.8, 4) is 0 Å². The van der Waals surface area contributed by atoms with Gasteiger partial charge in [-0.2, -0.15) is 0 Å². The predicted molar refractivity (Wildman–Crippen MR) is 31.3 cm³/mol. The third kappa shape index (κ3) is 7.38. The average molecular weight is 194 g/mol. The second kappa shape index (κ2) is 4.38. The number of nitrogens with zero attached hydrogens (tertiary/aromatic N) is 1. The highest BCUT2D eigenvalue weighted by molar-refractivity contribution is 6.18. The molecule has 0 atom stereocenters. The van der Waals surface area contributed by atoms with Gasteiger partial charge in [0.05, 0.1) is 5.88 Å². The minimum absolute atomic E-state index is 0.0964. The number of rotatable bonds is 2. The van der Waals surface area contributed by atoms with Gasteiger partial charge in [-0.05, 0) is 0 Å². The predicted octanol–water partition coefficient (Wildman–Crippen LogP) is 2.09. The van der Waals surface area contributed by atoms with Gasteiger partial charge < -0.3 is 4.74 Å². The van der Waals surface area contributed by atoms with Gasteiger partial charge in [0.2, 0.25) is 0 Å². The molecule has 66 valence electrons. The average Bonchev–Trinajstić information content (AvgIpc) is 1.79. The van der Waals surface area contributed by atoms with Crippen molar-refractivity contribution in [2.24, 2.45) is 4.99 Å². The Morgan fingerprint density at radius 1 is 1.45 bits per heavy atom. The van der Waals surface area contributed by atoms with Crippen LogP contribution in [0.4, 0.5) is 17.6 Å². The summed E-state index contributed by atoms with van der Waals surface area (Å²) in [5.74, 6) is -0.0964. The molecular formula is C4H4ClF4NO. The normalized spacial score (nSPS) is 13.4. The molecule has 0 heterocycles. The van der Waals surface area contributed by atoms with Gasteiger partial charge in [0.25, 0.3) is 0 Å². The minimum Gasteiger partial charge on any atom is -0.455 e. The van der Waals surface area contributed by atoms with Crippen LogP contribution < -0.4 is 0 Å². The van der Waals surface area contributed by atoms with Crippen molar-refractivity contribution < 1.29 is 22.3 Å². The summed E-state index contributed by atoms with van der Waals surface area (Å²) in [6.07, 6.45) is -6.85. The van der Waals surface area contributed by atoms with Gasteiger partial charge in [0, 0.05) is 0 Å². The first kappa shape index (κ1) is 10.5. The molecule has 0 aromatic rings. The SMILES string of the molecule is F/C(=N\C(F)(F)F)OCCCl. The lowest BCUT2D eigenvalue weighted by Crippen LogP contribution is -2.09.